The molecule has 1 atom stereocenters. The summed E-state index contributed by atoms with van der Waals surface area (Å²) >= 11 is 0. The van der Waals surface area contributed by atoms with Gasteiger partial charge >= 0.3 is 5.97 Å². The second-order valence-electron chi connectivity index (χ2n) is 6.30. The predicted octanol–water partition coefficient (Wildman–Crippen LogP) is 2.51. The summed E-state index contributed by atoms with van der Waals surface area (Å²) in [5.41, 5.74) is 3.06. The summed E-state index contributed by atoms with van der Waals surface area (Å²) < 4.78 is 10.8. The highest BCUT2D eigenvalue weighted by Crippen LogP contribution is 2.29. The van der Waals surface area contributed by atoms with Crippen LogP contribution in [-0.4, -0.2) is 31.1 Å². The van der Waals surface area contributed by atoms with Crippen molar-refractivity contribution in [2.24, 2.45) is 0 Å². The second-order valence-corrected chi connectivity index (χ2v) is 6.30. The number of benzene rings is 2. The van der Waals surface area contributed by atoms with Gasteiger partial charge in [0.15, 0.2) is 12.7 Å². The molecule has 25 heavy (non-hydrogen) atoms. The minimum atomic E-state index is -0.668. The molecule has 4 rings (SSSR count). The van der Waals surface area contributed by atoms with Gasteiger partial charge in [-0.05, 0) is 36.1 Å². The number of rotatable bonds is 3. The number of carbonyl (C=O) groups excluding carboxylic acids is 2. The fourth-order valence-electron chi connectivity index (χ4n) is 3.41. The Hall–Kier alpha value is -2.82. The molecule has 0 spiro atoms. The Kier molecular flexibility index (Phi) is 4.14. The van der Waals surface area contributed by atoms with E-state index in [2.05, 4.69) is 0 Å². The largest absolute Gasteiger partial charge is 0.478 e. The van der Waals surface area contributed by atoms with Gasteiger partial charge < -0.3 is 14.4 Å². The van der Waals surface area contributed by atoms with E-state index in [0.29, 0.717) is 18.7 Å². The lowest BCUT2D eigenvalue weighted by Gasteiger charge is -2.29. The van der Waals surface area contributed by atoms with Crippen LogP contribution in [0.4, 0.5) is 5.69 Å². The predicted molar refractivity (Wildman–Crippen MR) is 92.6 cm³/mol. The number of ether oxygens (including phenoxy) is 2. The third kappa shape index (κ3) is 3.09. The lowest BCUT2D eigenvalue weighted by molar-refractivity contribution is -0.154. The van der Waals surface area contributed by atoms with Crippen molar-refractivity contribution < 1.29 is 19.1 Å². The highest BCUT2D eigenvalue weighted by atomic mass is 16.6. The van der Waals surface area contributed by atoms with E-state index in [0.717, 1.165) is 29.7 Å². The van der Waals surface area contributed by atoms with Crippen LogP contribution in [0.3, 0.4) is 0 Å². The Balaban J connectivity index is 1.36. The number of hydrogen-bond acceptors (Lipinski definition) is 4. The molecule has 2 aliphatic heterocycles. The fraction of sp³-hybridized carbons (Fsp3) is 0.300. The van der Waals surface area contributed by atoms with Crippen molar-refractivity contribution >= 4 is 17.6 Å². The first-order valence-corrected chi connectivity index (χ1v) is 8.52. The van der Waals surface area contributed by atoms with Crippen molar-refractivity contribution in [2.75, 3.05) is 18.1 Å². The first-order chi connectivity index (χ1) is 12.2. The van der Waals surface area contributed by atoms with E-state index in [9.17, 15) is 9.59 Å². The van der Waals surface area contributed by atoms with Gasteiger partial charge in [-0.25, -0.2) is 4.79 Å². The van der Waals surface area contributed by atoms with Gasteiger partial charge in [0.2, 0.25) is 0 Å². The normalized spacial score (nSPS) is 18.1. The van der Waals surface area contributed by atoms with Gasteiger partial charge in [-0.1, -0.05) is 36.4 Å². The summed E-state index contributed by atoms with van der Waals surface area (Å²) in [6.45, 7) is 0.391. The van der Waals surface area contributed by atoms with Crippen molar-refractivity contribution in [2.45, 2.75) is 25.4 Å². The molecule has 0 saturated carbocycles. The Labute approximate surface area is 146 Å². The quantitative estimate of drug-likeness (QED) is 0.808. The molecule has 1 unspecified atom stereocenters. The molecule has 2 heterocycles. The number of hydrogen-bond donors (Lipinski definition) is 0. The van der Waals surface area contributed by atoms with E-state index in [1.807, 2.05) is 48.5 Å². The summed E-state index contributed by atoms with van der Waals surface area (Å²) in [5.74, 6) is 0.0200. The van der Waals surface area contributed by atoms with Crippen molar-refractivity contribution in [3.8, 4) is 5.75 Å². The van der Waals surface area contributed by atoms with Crippen molar-refractivity contribution in [1.29, 1.82) is 0 Å². The Morgan fingerprint density at radius 3 is 2.68 bits per heavy atom. The highest BCUT2D eigenvalue weighted by molar-refractivity contribution is 5.96. The van der Waals surface area contributed by atoms with Crippen LogP contribution in [-0.2, 0) is 27.2 Å². The average Bonchev–Trinajstić information content (AvgIpc) is 3.09. The van der Waals surface area contributed by atoms with Crippen molar-refractivity contribution in [3.63, 3.8) is 0 Å². The zero-order valence-electron chi connectivity index (χ0n) is 13.8. The molecular weight excluding hydrogens is 318 g/mol. The Morgan fingerprint density at radius 1 is 1.08 bits per heavy atom. The number of nitrogens with zero attached hydrogens (tertiary/aromatic N) is 1. The van der Waals surface area contributed by atoms with Crippen molar-refractivity contribution in [1.82, 2.24) is 0 Å². The third-order valence-electron chi connectivity index (χ3n) is 4.66. The maximum Gasteiger partial charge on any atom is 0.348 e. The lowest BCUT2D eigenvalue weighted by Crippen LogP contribution is -2.39. The van der Waals surface area contributed by atoms with Gasteiger partial charge in [-0.3, -0.25) is 4.79 Å². The van der Waals surface area contributed by atoms with E-state index >= 15 is 0 Å². The number of carbonyl (C=O) groups is 2. The molecule has 0 radical (unpaired) electrons. The first kappa shape index (κ1) is 15.7. The smallest absolute Gasteiger partial charge is 0.348 e. The van der Waals surface area contributed by atoms with E-state index in [1.165, 1.54) is 0 Å². The summed E-state index contributed by atoms with van der Waals surface area (Å²) in [6.07, 6.45) is 1.69. The zero-order chi connectivity index (χ0) is 17.2. The van der Waals surface area contributed by atoms with Crippen LogP contribution in [0.1, 0.15) is 17.5 Å². The summed E-state index contributed by atoms with van der Waals surface area (Å²) in [6, 6.07) is 15.4. The topological polar surface area (TPSA) is 55.8 Å². The third-order valence-corrected chi connectivity index (χ3v) is 4.66. The van der Waals surface area contributed by atoms with Crippen LogP contribution < -0.4 is 9.64 Å². The molecule has 0 bridgehead atoms. The molecule has 2 aromatic carbocycles. The number of aryl methyl sites for hydroxylation is 1. The van der Waals surface area contributed by atoms with Crippen molar-refractivity contribution in [3.05, 3.63) is 59.7 Å². The van der Waals surface area contributed by atoms with E-state index in [-0.39, 0.29) is 12.5 Å². The van der Waals surface area contributed by atoms with Crippen LogP contribution in [0.2, 0.25) is 0 Å². The number of fused-ring (bicyclic) bond motifs is 2. The van der Waals surface area contributed by atoms with Gasteiger partial charge in [0.05, 0.1) is 0 Å². The van der Waals surface area contributed by atoms with E-state index in [1.54, 1.807) is 4.90 Å². The van der Waals surface area contributed by atoms with Crippen LogP contribution in [0.15, 0.2) is 48.5 Å². The van der Waals surface area contributed by atoms with Gasteiger partial charge in [0.25, 0.3) is 5.91 Å². The average molecular weight is 337 g/mol. The molecule has 0 N–H and O–H groups in total. The number of amides is 1. The first-order valence-electron chi connectivity index (χ1n) is 8.52. The molecule has 128 valence electrons. The fourth-order valence-corrected chi connectivity index (χ4v) is 3.41. The summed E-state index contributed by atoms with van der Waals surface area (Å²) in [7, 11) is 0. The van der Waals surface area contributed by atoms with Crippen LogP contribution in [0.5, 0.6) is 5.75 Å². The van der Waals surface area contributed by atoms with Gasteiger partial charge in [-0.15, -0.1) is 0 Å². The second kappa shape index (κ2) is 6.59. The van der Waals surface area contributed by atoms with Crippen LogP contribution >= 0.6 is 0 Å². The molecule has 5 heteroatoms. The Morgan fingerprint density at radius 2 is 1.84 bits per heavy atom. The molecule has 0 fully saturated rings. The van der Waals surface area contributed by atoms with Gasteiger partial charge in [0.1, 0.15) is 5.75 Å². The zero-order valence-corrected chi connectivity index (χ0v) is 13.8. The molecular formula is C20H19NO4. The highest BCUT2D eigenvalue weighted by Gasteiger charge is 2.31. The minimum Gasteiger partial charge on any atom is -0.478 e. The standard InChI is InChI=1S/C20H19NO4/c22-19(21-11-5-8-14-6-1-3-9-16(14)21)13-24-20(23)18-12-15-7-2-4-10-17(15)25-18/h1-4,6-7,9-10,18H,5,8,11-13H2. The molecule has 2 aliphatic rings. The molecule has 0 aliphatic carbocycles. The molecule has 5 nitrogen and oxygen atoms in total. The SMILES string of the molecule is O=C(OCC(=O)N1CCCc2ccccc21)C1Cc2ccccc2O1. The van der Waals surface area contributed by atoms with Gasteiger partial charge in [-0.2, -0.15) is 0 Å². The van der Waals surface area contributed by atoms with E-state index in [4.69, 9.17) is 9.47 Å². The molecule has 0 saturated heterocycles. The summed E-state index contributed by atoms with van der Waals surface area (Å²) in [5, 5.41) is 0. The summed E-state index contributed by atoms with van der Waals surface area (Å²) in [4.78, 5) is 26.4. The molecule has 2 aromatic rings. The Bertz CT molecular complexity index is 792. The lowest BCUT2D eigenvalue weighted by atomic mass is 10.0. The van der Waals surface area contributed by atoms with Crippen LogP contribution in [0.25, 0.3) is 0 Å². The number of para-hydroxylation sites is 2. The maximum atomic E-state index is 12.5. The molecule has 0 aromatic heterocycles. The van der Waals surface area contributed by atoms with Crippen LogP contribution in [0, 0.1) is 0 Å². The molecule has 1 amide bonds. The van der Waals surface area contributed by atoms with E-state index < -0.39 is 12.1 Å². The minimum absolute atomic E-state index is 0.198. The maximum absolute atomic E-state index is 12.5. The number of esters is 1. The monoisotopic (exact) mass is 337 g/mol. The number of anilines is 1. The van der Waals surface area contributed by atoms with Gasteiger partial charge in [0, 0.05) is 18.7 Å².